The molecule has 0 fully saturated rings. The number of hydrazone groups is 1. The number of hydrogen-bond acceptors (Lipinski definition) is 3. The molecule has 1 aliphatic rings. The van der Waals surface area contributed by atoms with E-state index < -0.39 is 3.92 Å². The van der Waals surface area contributed by atoms with Gasteiger partial charge in [0.15, 0.2) is 0 Å². The van der Waals surface area contributed by atoms with Crippen LogP contribution in [0.25, 0.3) is 0 Å². The van der Waals surface area contributed by atoms with E-state index in [2.05, 4.69) is 5.10 Å². The third-order valence-corrected chi connectivity index (χ3v) is 2.36. The molecule has 6 heteroatoms. The predicted molar refractivity (Wildman–Crippen MR) is 52.5 cm³/mol. The minimum Gasteiger partial charge on any atom is -0.295 e. The van der Waals surface area contributed by atoms with Crippen molar-refractivity contribution in [2.45, 2.75) is 23.9 Å². The Morgan fingerprint density at radius 2 is 2.08 bits per heavy atom. The van der Waals surface area contributed by atoms with Crippen molar-refractivity contribution in [3.05, 3.63) is 0 Å². The van der Waals surface area contributed by atoms with E-state index in [1.165, 1.54) is 0 Å². The van der Waals surface area contributed by atoms with Gasteiger partial charge < -0.3 is 0 Å². The summed E-state index contributed by atoms with van der Waals surface area (Å²) in [7, 11) is 0. The van der Waals surface area contributed by atoms with E-state index in [0.29, 0.717) is 0 Å². The van der Waals surface area contributed by atoms with Crippen LogP contribution in [0.4, 0.5) is 0 Å². The second-order valence-electron chi connectivity index (χ2n) is 2.49. The summed E-state index contributed by atoms with van der Waals surface area (Å²) in [6.07, 6.45) is 1.55. The molecule has 0 spiro atoms. The van der Waals surface area contributed by atoms with Gasteiger partial charge in [0.05, 0.1) is 0 Å². The summed E-state index contributed by atoms with van der Waals surface area (Å²) in [5, 5.41) is 5.90. The molecule has 1 atom stereocenters. The zero-order chi connectivity index (χ0) is 9.35. The number of rotatable bonds is 1. The van der Waals surface area contributed by atoms with Gasteiger partial charge in [-0.2, -0.15) is 5.10 Å². The Morgan fingerprint density at radius 1 is 1.50 bits per heavy atom. The maximum Gasteiger partial charge on any atom is 0.270 e. The first kappa shape index (κ1) is 10.2. The van der Waals surface area contributed by atoms with Crippen LogP contribution in [-0.2, 0) is 0 Å². The van der Waals surface area contributed by atoms with Crippen molar-refractivity contribution in [2.24, 2.45) is 5.10 Å². The fraction of sp³-hybridized carbons (Fsp3) is 0.833. The molecule has 0 saturated carbocycles. The van der Waals surface area contributed by atoms with E-state index in [0.717, 1.165) is 6.54 Å². The molecule has 0 aromatic rings. The maximum absolute atomic E-state index is 5.70. The van der Waals surface area contributed by atoms with E-state index in [4.69, 9.17) is 34.8 Å². The van der Waals surface area contributed by atoms with Gasteiger partial charge in [0, 0.05) is 6.54 Å². The zero-order valence-corrected chi connectivity index (χ0v) is 9.11. The fourth-order valence-electron chi connectivity index (χ4n) is 1.08. The molecule has 1 heterocycles. The summed E-state index contributed by atoms with van der Waals surface area (Å²) in [6.45, 7) is 4.73. The smallest absolute Gasteiger partial charge is 0.270 e. The molecule has 12 heavy (non-hydrogen) atoms. The summed E-state index contributed by atoms with van der Waals surface area (Å²) in [5.74, 6) is 0. The largest absolute Gasteiger partial charge is 0.295 e. The van der Waals surface area contributed by atoms with Crippen LogP contribution in [0.2, 0.25) is 0 Å². The summed E-state index contributed by atoms with van der Waals surface area (Å²) in [5.41, 5.74) is 0. The zero-order valence-electron chi connectivity index (χ0n) is 6.84. The number of alkyl halides is 3. The van der Waals surface area contributed by atoms with Crippen LogP contribution in [0, 0.1) is 0 Å². The number of halogens is 3. The SMILES string of the molecule is CCN1N=CN(C(Cl)(Cl)Cl)C1C. The van der Waals surface area contributed by atoms with Crippen LogP contribution in [0.5, 0.6) is 0 Å². The van der Waals surface area contributed by atoms with Crippen LogP contribution >= 0.6 is 34.8 Å². The minimum absolute atomic E-state index is 0.00231. The van der Waals surface area contributed by atoms with Gasteiger partial charge in [-0.05, 0) is 13.8 Å². The van der Waals surface area contributed by atoms with E-state index in [1.807, 2.05) is 18.9 Å². The maximum atomic E-state index is 5.70. The van der Waals surface area contributed by atoms with Crippen LogP contribution in [0.3, 0.4) is 0 Å². The second kappa shape index (κ2) is 3.48. The van der Waals surface area contributed by atoms with Crippen LogP contribution in [0.15, 0.2) is 5.10 Å². The van der Waals surface area contributed by atoms with Crippen molar-refractivity contribution in [1.29, 1.82) is 0 Å². The van der Waals surface area contributed by atoms with Crippen molar-refractivity contribution in [3.63, 3.8) is 0 Å². The molecule has 1 unspecified atom stereocenters. The van der Waals surface area contributed by atoms with Crippen LogP contribution in [-0.4, -0.2) is 32.9 Å². The molecule has 1 aliphatic heterocycles. The van der Waals surface area contributed by atoms with Crippen molar-refractivity contribution in [1.82, 2.24) is 9.91 Å². The third kappa shape index (κ3) is 1.90. The molecule has 1 rings (SSSR count). The molecular formula is C6H10Cl3N3. The average molecular weight is 231 g/mol. The first-order valence-electron chi connectivity index (χ1n) is 3.62. The monoisotopic (exact) mass is 229 g/mol. The Bertz CT molecular complexity index is 189. The lowest BCUT2D eigenvalue weighted by molar-refractivity contribution is 0.153. The lowest BCUT2D eigenvalue weighted by Crippen LogP contribution is -2.43. The summed E-state index contributed by atoms with van der Waals surface area (Å²) >= 11 is 17.1. The topological polar surface area (TPSA) is 18.8 Å². The molecular weight excluding hydrogens is 220 g/mol. The highest BCUT2D eigenvalue weighted by Gasteiger charge is 2.36. The van der Waals surface area contributed by atoms with Crippen molar-refractivity contribution in [3.8, 4) is 0 Å². The number of hydrogen-bond donors (Lipinski definition) is 0. The van der Waals surface area contributed by atoms with Gasteiger partial charge in [0.2, 0.25) is 0 Å². The standard InChI is InChI=1S/C6H10Cl3N3/c1-3-12-5(2)11(4-10-12)6(7,8)9/h4-5H,3H2,1-2H3. The number of nitrogens with zero attached hydrogens (tertiary/aromatic N) is 3. The molecule has 0 amide bonds. The Labute approximate surface area is 86.9 Å². The Morgan fingerprint density at radius 3 is 2.33 bits per heavy atom. The van der Waals surface area contributed by atoms with E-state index in [1.54, 1.807) is 11.2 Å². The summed E-state index contributed by atoms with van der Waals surface area (Å²) in [4.78, 5) is 1.57. The van der Waals surface area contributed by atoms with E-state index in [9.17, 15) is 0 Å². The van der Waals surface area contributed by atoms with E-state index >= 15 is 0 Å². The highest BCUT2D eigenvalue weighted by molar-refractivity contribution is 6.67. The third-order valence-electron chi connectivity index (χ3n) is 1.78. The molecule has 0 N–H and O–H groups in total. The minimum atomic E-state index is -1.41. The second-order valence-corrected chi connectivity index (χ2v) is 4.71. The van der Waals surface area contributed by atoms with Crippen molar-refractivity contribution in [2.75, 3.05) is 6.54 Å². The van der Waals surface area contributed by atoms with Gasteiger partial charge in [-0.1, -0.05) is 34.8 Å². The lowest BCUT2D eigenvalue weighted by Gasteiger charge is -2.31. The van der Waals surface area contributed by atoms with Gasteiger partial charge >= 0.3 is 0 Å². The molecule has 0 bridgehead atoms. The van der Waals surface area contributed by atoms with Gasteiger partial charge in [-0.25, -0.2) is 0 Å². The first-order chi connectivity index (χ1) is 5.46. The van der Waals surface area contributed by atoms with Crippen molar-refractivity contribution >= 4 is 41.1 Å². The van der Waals surface area contributed by atoms with Gasteiger partial charge in [0.1, 0.15) is 12.5 Å². The normalized spacial score (nSPS) is 23.9. The highest BCUT2D eigenvalue weighted by Crippen LogP contribution is 2.34. The molecule has 0 aromatic carbocycles. The Balaban J connectivity index is 2.68. The highest BCUT2D eigenvalue weighted by atomic mass is 35.6. The summed E-state index contributed by atoms with van der Waals surface area (Å²) < 4.78 is -1.41. The quantitative estimate of drug-likeness (QED) is 0.508. The molecule has 70 valence electrons. The molecule has 0 aromatic heterocycles. The lowest BCUT2D eigenvalue weighted by atomic mass is 10.5. The average Bonchev–Trinajstić information content (AvgIpc) is 2.29. The molecule has 0 saturated heterocycles. The van der Waals surface area contributed by atoms with Crippen LogP contribution in [0.1, 0.15) is 13.8 Å². The molecule has 3 nitrogen and oxygen atoms in total. The Hall–Kier alpha value is 0.140. The van der Waals surface area contributed by atoms with Gasteiger partial charge in [0.25, 0.3) is 3.92 Å². The molecule has 0 aliphatic carbocycles. The fourth-order valence-corrected chi connectivity index (χ4v) is 1.64. The van der Waals surface area contributed by atoms with Crippen LogP contribution < -0.4 is 0 Å². The van der Waals surface area contributed by atoms with E-state index in [-0.39, 0.29) is 6.17 Å². The first-order valence-corrected chi connectivity index (χ1v) is 4.76. The van der Waals surface area contributed by atoms with Crippen molar-refractivity contribution < 1.29 is 0 Å². The Kier molecular flexibility index (Phi) is 2.97. The predicted octanol–water partition coefficient (Wildman–Crippen LogP) is 2.24. The summed E-state index contributed by atoms with van der Waals surface area (Å²) in [6, 6.07) is 0. The van der Waals surface area contributed by atoms with Gasteiger partial charge in [-0.15, -0.1) is 0 Å². The molecule has 0 radical (unpaired) electrons. The van der Waals surface area contributed by atoms with Gasteiger partial charge in [-0.3, -0.25) is 9.91 Å².